The third-order valence-corrected chi connectivity index (χ3v) is 3.41. The summed E-state index contributed by atoms with van der Waals surface area (Å²) in [5.74, 6) is 0. The zero-order chi connectivity index (χ0) is 12.8. The molecule has 1 heterocycles. The Morgan fingerprint density at radius 1 is 1.22 bits per heavy atom. The van der Waals surface area contributed by atoms with Gasteiger partial charge in [-0.15, -0.1) is 0 Å². The normalized spacial score (nSPS) is 14.3. The number of hydrogen-bond acceptors (Lipinski definition) is 3. The maximum atomic E-state index is 14.4. The van der Waals surface area contributed by atoms with Crippen LogP contribution in [0, 0.1) is 0 Å². The maximum Gasteiger partial charge on any atom is 0.182 e. The lowest BCUT2D eigenvalue weighted by Crippen LogP contribution is -2.30. The summed E-state index contributed by atoms with van der Waals surface area (Å²) in [6.45, 7) is -0.371. The van der Waals surface area contributed by atoms with Crippen molar-refractivity contribution in [2.45, 2.75) is 12.3 Å². The first-order valence-corrected chi connectivity index (χ1v) is 6.63. The van der Waals surface area contributed by atoms with Crippen molar-refractivity contribution in [3.63, 3.8) is 0 Å². The van der Waals surface area contributed by atoms with Crippen LogP contribution < -0.4 is 0 Å². The lowest BCUT2D eigenvalue weighted by Gasteiger charge is -2.22. The lowest BCUT2D eigenvalue weighted by atomic mass is 10.0. The van der Waals surface area contributed by atoms with Crippen LogP contribution in [-0.2, 0) is 17.0 Å². The van der Waals surface area contributed by atoms with Gasteiger partial charge < -0.3 is 9.84 Å². The van der Waals surface area contributed by atoms with Crippen LogP contribution in [-0.4, -0.2) is 18.3 Å². The zero-order valence-corrected chi connectivity index (χ0v) is 10.7. The fraction of sp³-hybridized carbons (Fsp3) is 0.286. The molecule has 1 aromatic carbocycles. The Bertz CT molecular complexity index is 458. The molecule has 1 atom stereocenters. The molecule has 0 saturated carbocycles. The molecule has 2 aromatic rings. The summed E-state index contributed by atoms with van der Waals surface area (Å²) in [5.41, 5.74) is -0.347. The molecule has 0 aliphatic rings. The summed E-state index contributed by atoms with van der Waals surface area (Å²) in [6.07, 6.45) is 0. The Labute approximate surface area is 110 Å². The van der Waals surface area contributed by atoms with Gasteiger partial charge in [-0.1, -0.05) is 30.3 Å². The van der Waals surface area contributed by atoms with Crippen LogP contribution in [0.5, 0.6) is 0 Å². The van der Waals surface area contributed by atoms with Gasteiger partial charge in [-0.2, -0.15) is 11.3 Å². The molecule has 0 saturated heterocycles. The molecule has 96 valence electrons. The van der Waals surface area contributed by atoms with Gasteiger partial charge in [0.2, 0.25) is 0 Å². The summed E-state index contributed by atoms with van der Waals surface area (Å²) >= 11 is 1.41. The van der Waals surface area contributed by atoms with Crippen LogP contribution in [0.1, 0.15) is 11.1 Å². The Morgan fingerprint density at radius 3 is 2.61 bits per heavy atom. The minimum Gasteiger partial charge on any atom is -0.393 e. The minimum atomic E-state index is -1.81. The predicted molar refractivity (Wildman–Crippen MR) is 70.3 cm³/mol. The first-order valence-electron chi connectivity index (χ1n) is 5.69. The number of alkyl halides is 1. The molecule has 0 aliphatic heterocycles. The molecular formula is C14H15FO2S. The Kier molecular flexibility index (Phi) is 4.47. The quantitative estimate of drug-likeness (QED) is 0.870. The van der Waals surface area contributed by atoms with Gasteiger partial charge in [0.25, 0.3) is 0 Å². The first kappa shape index (κ1) is 13.2. The van der Waals surface area contributed by atoms with Gasteiger partial charge in [-0.05, 0) is 22.4 Å². The van der Waals surface area contributed by atoms with E-state index in [1.165, 1.54) is 11.3 Å². The molecule has 0 radical (unpaired) electrons. The molecule has 0 spiro atoms. The summed E-state index contributed by atoms with van der Waals surface area (Å²) in [7, 11) is 0. The number of thiophene rings is 1. The molecule has 1 aromatic heterocycles. The van der Waals surface area contributed by atoms with Crippen molar-refractivity contribution in [2.75, 3.05) is 13.2 Å². The fourth-order valence-corrected chi connectivity index (χ4v) is 2.38. The van der Waals surface area contributed by atoms with Crippen LogP contribution in [0.3, 0.4) is 0 Å². The van der Waals surface area contributed by atoms with Gasteiger partial charge in [0.05, 0.1) is 19.8 Å². The van der Waals surface area contributed by atoms with E-state index < -0.39 is 12.3 Å². The third-order valence-electron chi connectivity index (χ3n) is 2.73. The molecule has 0 fully saturated rings. The summed E-state index contributed by atoms with van der Waals surface area (Å²) < 4.78 is 19.8. The highest BCUT2D eigenvalue weighted by Crippen LogP contribution is 2.28. The number of ether oxygens (including phenoxy) is 1. The van der Waals surface area contributed by atoms with E-state index in [-0.39, 0.29) is 6.61 Å². The van der Waals surface area contributed by atoms with E-state index in [4.69, 9.17) is 4.74 Å². The molecule has 4 heteroatoms. The van der Waals surface area contributed by atoms with E-state index in [9.17, 15) is 9.50 Å². The molecule has 18 heavy (non-hydrogen) atoms. The largest absolute Gasteiger partial charge is 0.393 e. The molecule has 0 aliphatic carbocycles. The molecule has 2 nitrogen and oxygen atoms in total. The van der Waals surface area contributed by atoms with Gasteiger partial charge in [0.15, 0.2) is 5.67 Å². The monoisotopic (exact) mass is 266 g/mol. The van der Waals surface area contributed by atoms with E-state index in [2.05, 4.69) is 0 Å². The smallest absolute Gasteiger partial charge is 0.182 e. The van der Waals surface area contributed by atoms with Crippen LogP contribution in [0.2, 0.25) is 0 Å². The second-order valence-corrected chi connectivity index (χ2v) is 4.89. The van der Waals surface area contributed by atoms with Gasteiger partial charge in [-0.3, -0.25) is 0 Å². The SMILES string of the molecule is OCC(F)(COCc1ccccc1)c1ccsc1. The second-order valence-electron chi connectivity index (χ2n) is 4.11. The van der Waals surface area contributed by atoms with Crippen molar-refractivity contribution in [1.29, 1.82) is 0 Å². The van der Waals surface area contributed by atoms with Crippen molar-refractivity contribution < 1.29 is 14.2 Å². The number of rotatable bonds is 6. The van der Waals surface area contributed by atoms with E-state index in [1.54, 1.807) is 16.8 Å². The Hall–Kier alpha value is -1.23. The Balaban J connectivity index is 1.92. The van der Waals surface area contributed by atoms with E-state index in [0.717, 1.165) is 5.56 Å². The molecule has 0 bridgehead atoms. The van der Waals surface area contributed by atoms with Crippen LogP contribution in [0.25, 0.3) is 0 Å². The van der Waals surface area contributed by atoms with Crippen molar-refractivity contribution in [3.8, 4) is 0 Å². The maximum absolute atomic E-state index is 14.4. The van der Waals surface area contributed by atoms with Crippen LogP contribution in [0.4, 0.5) is 4.39 Å². The zero-order valence-electron chi connectivity index (χ0n) is 9.88. The van der Waals surface area contributed by atoms with E-state index >= 15 is 0 Å². The van der Waals surface area contributed by atoms with Crippen LogP contribution >= 0.6 is 11.3 Å². The number of halogens is 1. The first-order chi connectivity index (χ1) is 8.74. The topological polar surface area (TPSA) is 29.5 Å². The molecule has 1 unspecified atom stereocenters. The molecular weight excluding hydrogens is 251 g/mol. The highest BCUT2D eigenvalue weighted by Gasteiger charge is 2.32. The standard InChI is InChI=1S/C14H15FO2S/c15-14(10-16,13-6-7-18-9-13)11-17-8-12-4-2-1-3-5-12/h1-7,9,16H,8,10-11H2. The highest BCUT2D eigenvalue weighted by molar-refractivity contribution is 7.08. The predicted octanol–water partition coefficient (Wildman–Crippen LogP) is 3.12. The average Bonchev–Trinajstić information content (AvgIpc) is 2.94. The number of aliphatic hydroxyl groups is 1. The summed E-state index contributed by atoms with van der Waals surface area (Å²) in [5, 5.41) is 12.7. The molecule has 0 amide bonds. The van der Waals surface area contributed by atoms with E-state index in [0.29, 0.717) is 12.2 Å². The van der Waals surface area contributed by atoms with E-state index in [1.807, 2.05) is 30.3 Å². The summed E-state index contributed by atoms with van der Waals surface area (Å²) in [4.78, 5) is 0. The van der Waals surface area contributed by atoms with Crippen molar-refractivity contribution in [1.82, 2.24) is 0 Å². The Morgan fingerprint density at radius 2 is 2.00 bits per heavy atom. The summed E-state index contributed by atoms with van der Waals surface area (Å²) in [6, 6.07) is 11.3. The third kappa shape index (κ3) is 3.16. The average molecular weight is 266 g/mol. The molecule has 1 N–H and O–H groups in total. The highest BCUT2D eigenvalue weighted by atomic mass is 32.1. The van der Waals surface area contributed by atoms with Crippen molar-refractivity contribution >= 4 is 11.3 Å². The van der Waals surface area contributed by atoms with Gasteiger partial charge in [0.1, 0.15) is 0 Å². The number of aliphatic hydroxyl groups excluding tert-OH is 1. The van der Waals surface area contributed by atoms with Crippen molar-refractivity contribution in [2.24, 2.45) is 0 Å². The van der Waals surface area contributed by atoms with Gasteiger partial charge in [0, 0.05) is 5.56 Å². The lowest BCUT2D eigenvalue weighted by molar-refractivity contribution is -0.0295. The van der Waals surface area contributed by atoms with Crippen LogP contribution in [0.15, 0.2) is 47.2 Å². The second kappa shape index (κ2) is 6.09. The fourth-order valence-electron chi connectivity index (χ4n) is 1.64. The number of hydrogen-bond donors (Lipinski definition) is 1. The van der Waals surface area contributed by atoms with Gasteiger partial charge in [-0.25, -0.2) is 4.39 Å². The number of benzene rings is 1. The molecule has 2 rings (SSSR count). The van der Waals surface area contributed by atoms with Crippen molar-refractivity contribution in [3.05, 3.63) is 58.3 Å². The van der Waals surface area contributed by atoms with Gasteiger partial charge >= 0.3 is 0 Å². The minimum absolute atomic E-state index is 0.144.